The fourth-order valence-corrected chi connectivity index (χ4v) is 2.61. The smallest absolute Gasteiger partial charge is 0.338 e. The molecule has 0 aliphatic rings. The van der Waals surface area contributed by atoms with Gasteiger partial charge < -0.3 is 14.2 Å². The average molecular weight is 317 g/mol. The van der Waals surface area contributed by atoms with Crippen molar-refractivity contribution in [3.8, 4) is 11.3 Å². The first kappa shape index (κ1) is 14.4. The van der Waals surface area contributed by atoms with Crippen molar-refractivity contribution in [1.82, 2.24) is 14.1 Å². The Labute approximate surface area is 130 Å². The summed E-state index contributed by atoms with van der Waals surface area (Å²) in [6.07, 6.45) is 0. The number of aromatic carboxylic acids is 1. The molecule has 0 radical (unpaired) electrons. The standard InChI is InChI=1S/C15H12FN3O2S/c1-18-12-10(14(20)21)7-11(8-3-5-9(16)6-4-8)17-13(12)19(2)15(18)22/h3-7H,1-2H3,(H,20,21). The van der Waals surface area contributed by atoms with Crippen molar-refractivity contribution >= 4 is 29.4 Å². The van der Waals surface area contributed by atoms with Gasteiger partial charge in [0.15, 0.2) is 10.4 Å². The fourth-order valence-electron chi connectivity index (χ4n) is 2.43. The van der Waals surface area contributed by atoms with Crippen molar-refractivity contribution in [2.75, 3.05) is 0 Å². The van der Waals surface area contributed by atoms with E-state index in [1.54, 1.807) is 35.4 Å². The molecule has 0 atom stereocenters. The molecule has 22 heavy (non-hydrogen) atoms. The second kappa shape index (κ2) is 5.03. The van der Waals surface area contributed by atoms with Gasteiger partial charge in [-0.3, -0.25) is 0 Å². The van der Waals surface area contributed by atoms with E-state index in [-0.39, 0.29) is 11.4 Å². The van der Waals surface area contributed by atoms with Crippen LogP contribution >= 0.6 is 12.2 Å². The normalized spacial score (nSPS) is 11.0. The van der Waals surface area contributed by atoms with E-state index in [4.69, 9.17) is 12.2 Å². The van der Waals surface area contributed by atoms with Gasteiger partial charge in [0.2, 0.25) is 0 Å². The minimum Gasteiger partial charge on any atom is -0.478 e. The molecule has 3 rings (SSSR count). The molecule has 0 unspecified atom stereocenters. The Balaban J connectivity index is 2.39. The number of rotatable bonds is 2. The van der Waals surface area contributed by atoms with E-state index in [2.05, 4.69) is 4.98 Å². The number of aryl methyl sites for hydroxylation is 2. The van der Waals surface area contributed by atoms with Crippen LogP contribution in [0.3, 0.4) is 0 Å². The molecule has 0 aliphatic heterocycles. The predicted molar refractivity (Wildman–Crippen MR) is 82.9 cm³/mol. The molecule has 0 spiro atoms. The molecule has 0 amide bonds. The van der Waals surface area contributed by atoms with Gasteiger partial charge in [0.05, 0.1) is 11.3 Å². The van der Waals surface area contributed by atoms with Gasteiger partial charge in [-0.05, 0) is 42.5 Å². The number of hydrogen-bond donors (Lipinski definition) is 1. The zero-order valence-corrected chi connectivity index (χ0v) is 12.7. The van der Waals surface area contributed by atoms with E-state index >= 15 is 0 Å². The number of benzene rings is 1. The van der Waals surface area contributed by atoms with Gasteiger partial charge >= 0.3 is 5.97 Å². The quantitative estimate of drug-likeness (QED) is 0.738. The summed E-state index contributed by atoms with van der Waals surface area (Å²) < 4.78 is 16.8. The van der Waals surface area contributed by atoms with Gasteiger partial charge in [-0.2, -0.15) is 0 Å². The number of carboxylic acid groups (broad SMARTS) is 1. The lowest BCUT2D eigenvalue weighted by Gasteiger charge is -2.06. The highest BCUT2D eigenvalue weighted by molar-refractivity contribution is 7.71. The van der Waals surface area contributed by atoms with Crippen molar-refractivity contribution in [2.24, 2.45) is 14.1 Å². The highest BCUT2D eigenvalue weighted by Crippen LogP contribution is 2.26. The molecule has 0 saturated carbocycles. The maximum Gasteiger partial charge on any atom is 0.338 e. The van der Waals surface area contributed by atoms with Crippen molar-refractivity contribution in [3.05, 3.63) is 46.5 Å². The van der Waals surface area contributed by atoms with Crippen molar-refractivity contribution in [1.29, 1.82) is 0 Å². The molecular formula is C15H12FN3O2S. The third-order valence-electron chi connectivity index (χ3n) is 3.57. The van der Waals surface area contributed by atoms with Crippen LogP contribution in [0, 0.1) is 10.6 Å². The fraction of sp³-hybridized carbons (Fsp3) is 0.133. The van der Waals surface area contributed by atoms with Gasteiger partial charge in [-0.1, -0.05) is 0 Å². The summed E-state index contributed by atoms with van der Waals surface area (Å²) >= 11 is 5.26. The summed E-state index contributed by atoms with van der Waals surface area (Å²) in [5.41, 5.74) is 2.15. The number of hydrogen-bond acceptors (Lipinski definition) is 3. The summed E-state index contributed by atoms with van der Waals surface area (Å²) in [4.78, 5) is 16.1. The van der Waals surface area contributed by atoms with Crippen LogP contribution in [0.4, 0.5) is 4.39 Å². The number of imidazole rings is 1. The van der Waals surface area contributed by atoms with Crippen LogP contribution in [0.25, 0.3) is 22.4 Å². The van der Waals surface area contributed by atoms with Crippen LogP contribution in [0.5, 0.6) is 0 Å². The molecule has 3 aromatic rings. The first-order valence-corrected chi connectivity index (χ1v) is 6.86. The molecule has 2 aromatic heterocycles. The Morgan fingerprint density at radius 1 is 1.23 bits per heavy atom. The third kappa shape index (κ3) is 2.10. The second-order valence-corrected chi connectivity index (χ2v) is 5.31. The number of carboxylic acids is 1. The van der Waals surface area contributed by atoms with Gasteiger partial charge in [-0.15, -0.1) is 0 Å². The monoisotopic (exact) mass is 317 g/mol. The number of pyridine rings is 1. The summed E-state index contributed by atoms with van der Waals surface area (Å²) in [5.74, 6) is -1.42. The zero-order chi connectivity index (χ0) is 16.0. The van der Waals surface area contributed by atoms with Crippen LogP contribution < -0.4 is 0 Å². The topological polar surface area (TPSA) is 60.0 Å². The Hall–Kier alpha value is -2.54. The van der Waals surface area contributed by atoms with Gasteiger partial charge in [0.1, 0.15) is 11.3 Å². The SMILES string of the molecule is Cn1c(=S)n(C)c2c(C(=O)O)cc(-c3ccc(F)cc3)nc21. The minimum atomic E-state index is -1.06. The highest BCUT2D eigenvalue weighted by Gasteiger charge is 2.18. The molecule has 5 nitrogen and oxygen atoms in total. The van der Waals surface area contributed by atoms with Crippen LogP contribution in [0.1, 0.15) is 10.4 Å². The van der Waals surface area contributed by atoms with E-state index < -0.39 is 5.97 Å². The van der Waals surface area contributed by atoms with E-state index in [0.29, 0.717) is 27.2 Å². The number of carbonyl (C=O) groups is 1. The lowest BCUT2D eigenvalue weighted by molar-refractivity contribution is 0.0698. The molecule has 1 N–H and O–H groups in total. The largest absolute Gasteiger partial charge is 0.478 e. The Morgan fingerprint density at radius 2 is 1.86 bits per heavy atom. The molecule has 112 valence electrons. The van der Waals surface area contributed by atoms with Gasteiger partial charge in [-0.25, -0.2) is 14.2 Å². The molecule has 0 fully saturated rings. The average Bonchev–Trinajstić information content (AvgIpc) is 2.72. The predicted octanol–water partition coefficient (Wildman–Crippen LogP) is 3.15. The highest BCUT2D eigenvalue weighted by atomic mass is 32.1. The second-order valence-electron chi connectivity index (χ2n) is 4.94. The van der Waals surface area contributed by atoms with E-state index in [0.717, 1.165) is 0 Å². The molecular weight excluding hydrogens is 305 g/mol. The molecule has 7 heteroatoms. The lowest BCUT2D eigenvalue weighted by atomic mass is 10.1. The third-order valence-corrected chi connectivity index (χ3v) is 4.12. The number of nitrogens with zero attached hydrogens (tertiary/aromatic N) is 3. The number of halogens is 1. The van der Waals surface area contributed by atoms with Crippen molar-refractivity contribution < 1.29 is 14.3 Å². The Bertz CT molecular complexity index is 958. The van der Waals surface area contributed by atoms with Crippen molar-refractivity contribution in [2.45, 2.75) is 0 Å². The van der Waals surface area contributed by atoms with Gasteiger partial charge in [0, 0.05) is 19.7 Å². The maximum atomic E-state index is 13.0. The zero-order valence-electron chi connectivity index (χ0n) is 11.9. The van der Waals surface area contributed by atoms with E-state index in [1.807, 2.05) is 0 Å². The van der Waals surface area contributed by atoms with E-state index in [1.165, 1.54) is 18.2 Å². The molecule has 0 aliphatic carbocycles. The van der Waals surface area contributed by atoms with Crippen LogP contribution in [0.2, 0.25) is 0 Å². The lowest BCUT2D eigenvalue weighted by Crippen LogP contribution is -2.03. The van der Waals surface area contributed by atoms with E-state index in [9.17, 15) is 14.3 Å². The molecule has 1 aromatic carbocycles. The maximum absolute atomic E-state index is 13.0. The first-order valence-electron chi connectivity index (χ1n) is 6.46. The van der Waals surface area contributed by atoms with Crippen LogP contribution in [-0.2, 0) is 14.1 Å². The van der Waals surface area contributed by atoms with Gasteiger partial charge in [0.25, 0.3) is 0 Å². The Morgan fingerprint density at radius 3 is 2.45 bits per heavy atom. The summed E-state index contributed by atoms with van der Waals surface area (Å²) in [5, 5.41) is 9.48. The minimum absolute atomic E-state index is 0.110. The first-order chi connectivity index (χ1) is 10.4. The molecule has 0 saturated heterocycles. The van der Waals surface area contributed by atoms with Crippen molar-refractivity contribution in [3.63, 3.8) is 0 Å². The molecule has 2 heterocycles. The molecule has 0 bridgehead atoms. The number of aromatic nitrogens is 3. The number of fused-ring (bicyclic) bond motifs is 1. The summed E-state index contributed by atoms with van der Waals surface area (Å²) in [7, 11) is 3.44. The summed E-state index contributed by atoms with van der Waals surface area (Å²) in [6, 6.07) is 7.22. The van der Waals surface area contributed by atoms with Crippen LogP contribution in [0.15, 0.2) is 30.3 Å². The Kier molecular flexibility index (Phi) is 3.29. The summed E-state index contributed by atoms with van der Waals surface area (Å²) in [6.45, 7) is 0. The van der Waals surface area contributed by atoms with Crippen LogP contribution in [-0.4, -0.2) is 25.2 Å².